The van der Waals surface area contributed by atoms with Gasteiger partial charge in [0.1, 0.15) is 17.4 Å². The van der Waals surface area contributed by atoms with Crippen molar-refractivity contribution in [2.24, 2.45) is 0 Å². The summed E-state index contributed by atoms with van der Waals surface area (Å²) < 4.78 is 10.1. The van der Waals surface area contributed by atoms with E-state index >= 15 is 0 Å². The smallest absolute Gasteiger partial charge is 0.433 e. The molecule has 0 fully saturated rings. The van der Waals surface area contributed by atoms with Crippen LogP contribution in [0.3, 0.4) is 0 Å². The van der Waals surface area contributed by atoms with Crippen molar-refractivity contribution in [2.75, 3.05) is 6.61 Å². The highest BCUT2D eigenvalue weighted by atomic mass is 33.1. The molecule has 1 unspecified atom stereocenters. The van der Waals surface area contributed by atoms with Gasteiger partial charge in [0.2, 0.25) is 0 Å². The predicted octanol–water partition coefficient (Wildman–Crippen LogP) is 4.72. The molecule has 7 nitrogen and oxygen atoms in total. The Labute approximate surface area is 152 Å². The summed E-state index contributed by atoms with van der Waals surface area (Å²) in [5.41, 5.74) is -0.0743. The van der Waals surface area contributed by atoms with Crippen LogP contribution in [0.1, 0.15) is 13.3 Å². The summed E-state index contributed by atoms with van der Waals surface area (Å²) in [6.45, 7) is 2.20. The van der Waals surface area contributed by atoms with Crippen LogP contribution in [-0.2, 0) is 4.74 Å². The highest BCUT2D eigenvalue weighted by Gasteiger charge is 2.14. The number of nitro benzene ring substituents is 1. The fraction of sp³-hybridized carbons (Fsp3) is 0.250. The molecule has 2 aromatic rings. The third kappa shape index (κ3) is 6.63. The molecular formula is C16H16N2O5S2. The van der Waals surface area contributed by atoms with Crippen molar-refractivity contribution < 1.29 is 19.2 Å². The van der Waals surface area contributed by atoms with Gasteiger partial charge in [-0.2, -0.15) is 0 Å². The van der Waals surface area contributed by atoms with Gasteiger partial charge in [0, 0.05) is 23.6 Å². The molecule has 0 saturated carbocycles. The third-order valence-electron chi connectivity index (χ3n) is 3.00. The fourth-order valence-electron chi connectivity index (χ4n) is 1.65. The van der Waals surface area contributed by atoms with Crippen LogP contribution in [0.4, 0.5) is 10.5 Å². The van der Waals surface area contributed by atoms with Crippen molar-refractivity contribution in [2.45, 2.75) is 23.6 Å². The summed E-state index contributed by atoms with van der Waals surface area (Å²) in [4.78, 5) is 26.0. The zero-order chi connectivity index (χ0) is 18.1. The molecule has 0 aliphatic rings. The minimum absolute atomic E-state index is 0.0743. The standard InChI is InChI=1S/C16H16N2O5S2/c1-2-14(24-25-15-5-3-4-10-17-15)11-22-16(19)23-13-8-6-12(7-9-13)18(20)21/h3-10,14H,2,11H2,1H3. The first-order valence-electron chi connectivity index (χ1n) is 7.42. The van der Waals surface area contributed by atoms with E-state index in [1.807, 2.05) is 25.1 Å². The lowest BCUT2D eigenvalue weighted by Gasteiger charge is -2.13. The Bertz CT molecular complexity index is 697. The van der Waals surface area contributed by atoms with Gasteiger partial charge in [0.05, 0.1) is 4.92 Å². The highest BCUT2D eigenvalue weighted by molar-refractivity contribution is 8.76. The number of non-ortho nitro benzene ring substituents is 1. The molecule has 0 aliphatic heterocycles. The van der Waals surface area contributed by atoms with E-state index in [9.17, 15) is 14.9 Å². The molecule has 0 aliphatic carbocycles. The third-order valence-corrected chi connectivity index (χ3v) is 5.87. The van der Waals surface area contributed by atoms with E-state index in [4.69, 9.17) is 9.47 Å². The number of ether oxygens (including phenoxy) is 2. The number of pyridine rings is 1. The summed E-state index contributed by atoms with van der Waals surface area (Å²) in [5.74, 6) is 0.194. The molecule has 0 N–H and O–H groups in total. The quantitative estimate of drug-likeness (QED) is 0.213. The maximum Gasteiger partial charge on any atom is 0.513 e. The Hall–Kier alpha value is -2.26. The molecule has 0 spiro atoms. The van der Waals surface area contributed by atoms with E-state index < -0.39 is 11.1 Å². The minimum Gasteiger partial charge on any atom is -0.433 e. The van der Waals surface area contributed by atoms with Crippen molar-refractivity contribution in [3.8, 4) is 5.75 Å². The second-order valence-corrected chi connectivity index (χ2v) is 7.31. The zero-order valence-electron chi connectivity index (χ0n) is 13.4. The minimum atomic E-state index is -0.837. The number of hydrogen-bond acceptors (Lipinski definition) is 8. The molecule has 2 rings (SSSR count). The number of nitro groups is 1. The maximum absolute atomic E-state index is 11.7. The van der Waals surface area contributed by atoms with Crippen molar-refractivity contribution >= 4 is 33.4 Å². The highest BCUT2D eigenvalue weighted by Crippen LogP contribution is 2.34. The average Bonchev–Trinajstić information content (AvgIpc) is 2.63. The largest absolute Gasteiger partial charge is 0.513 e. The first-order chi connectivity index (χ1) is 12.1. The van der Waals surface area contributed by atoms with E-state index in [1.165, 1.54) is 35.1 Å². The van der Waals surface area contributed by atoms with Crippen molar-refractivity contribution in [3.05, 3.63) is 58.8 Å². The van der Waals surface area contributed by atoms with Crippen LogP contribution >= 0.6 is 21.6 Å². The monoisotopic (exact) mass is 380 g/mol. The summed E-state index contributed by atoms with van der Waals surface area (Å²) in [7, 11) is 3.10. The van der Waals surface area contributed by atoms with Crippen LogP contribution in [-0.4, -0.2) is 27.9 Å². The van der Waals surface area contributed by atoms with Gasteiger partial charge in [-0.05, 0) is 41.5 Å². The zero-order valence-corrected chi connectivity index (χ0v) is 15.0. The number of benzene rings is 1. The van der Waals surface area contributed by atoms with Gasteiger partial charge >= 0.3 is 6.16 Å². The van der Waals surface area contributed by atoms with Crippen LogP contribution in [0.25, 0.3) is 0 Å². The second-order valence-electron chi connectivity index (χ2n) is 4.79. The van der Waals surface area contributed by atoms with E-state index in [0.717, 1.165) is 11.4 Å². The maximum atomic E-state index is 11.7. The normalized spacial score (nSPS) is 11.6. The van der Waals surface area contributed by atoms with Gasteiger partial charge in [0.25, 0.3) is 5.69 Å². The molecule has 1 heterocycles. The number of nitrogens with zero attached hydrogens (tertiary/aromatic N) is 2. The number of aromatic nitrogens is 1. The molecule has 0 radical (unpaired) electrons. The molecular weight excluding hydrogens is 364 g/mol. The number of rotatable bonds is 8. The molecule has 0 saturated heterocycles. The molecule has 25 heavy (non-hydrogen) atoms. The Morgan fingerprint density at radius 2 is 2.04 bits per heavy atom. The van der Waals surface area contributed by atoms with E-state index in [1.54, 1.807) is 17.0 Å². The molecule has 1 aromatic heterocycles. The van der Waals surface area contributed by atoms with Crippen LogP contribution in [0.15, 0.2) is 53.7 Å². The number of hydrogen-bond donors (Lipinski definition) is 0. The number of carbonyl (C=O) groups excluding carboxylic acids is 1. The summed E-state index contributed by atoms with van der Waals surface area (Å²) in [6.07, 6.45) is 1.70. The molecule has 132 valence electrons. The van der Waals surface area contributed by atoms with Crippen molar-refractivity contribution in [3.63, 3.8) is 0 Å². The van der Waals surface area contributed by atoms with Gasteiger partial charge < -0.3 is 9.47 Å². The SMILES string of the molecule is CCC(COC(=O)Oc1ccc([N+](=O)[O-])cc1)SSc1ccccn1. The Morgan fingerprint density at radius 1 is 1.28 bits per heavy atom. The van der Waals surface area contributed by atoms with Gasteiger partial charge in [-0.25, -0.2) is 9.78 Å². The fourth-order valence-corrected chi connectivity index (χ4v) is 3.96. The topological polar surface area (TPSA) is 91.6 Å². The van der Waals surface area contributed by atoms with Gasteiger partial charge in [-0.15, -0.1) is 0 Å². The van der Waals surface area contributed by atoms with Gasteiger partial charge in [0.15, 0.2) is 0 Å². The summed E-state index contributed by atoms with van der Waals surface area (Å²) in [6, 6.07) is 10.9. The molecule has 0 bridgehead atoms. The van der Waals surface area contributed by atoms with Gasteiger partial charge in [-0.3, -0.25) is 10.1 Å². The predicted molar refractivity (Wildman–Crippen MR) is 96.8 cm³/mol. The first kappa shape index (κ1) is 19.1. The molecule has 1 aromatic carbocycles. The van der Waals surface area contributed by atoms with Crippen LogP contribution < -0.4 is 4.74 Å². The van der Waals surface area contributed by atoms with Crippen molar-refractivity contribution in [1.82, 2.24) is 4.98 Å². The number of carbonyl (C=O) groups is 1. The molecule has 0 amide bonds. The Balaban J connectivity index is 1.76. The average molecular weight is 380 g/mol. The molecule has 9 heteroatoms. The second kappa shape index (κ2) is 9.90. The van der Waals surface area contributed by atoms with Crippen LogP contribution in [0, 0.1) is 10.1 Å². The van der Waals surface area contributed by atoms with Crippen LogP contribution in [0.5, 0.6) is 5.75 Å². The van der Waals surface area contributed by atoms with E-state index in [2.05, 4.69) is 4.98 Å². The summed E-state index contributed by atoms with van der Waals surface area (Å²) >= 11 is 0. The lowest BCUT2D eigenvalue weighted by Crippen LogP contribution is -2.17. The Morgan fingerprint density at radius 3 is 2.64 bits per heavy atom. The van der Waals surface area contributed by atoms with Crippen molar-refractivity contribution in [1.29, 1.82) is 0 Å². The van der Waals surface area contributed by atoms with E-state index in [-0.39, 0.29) is 23.3 Å². The van der Waals surface area contributed by atoms with E-state index in [0.29, 0.717) is 0 Å². The lowest BCUT2D eigenvalue weighted by atomic mass is 10.3. The molecule has 1 atom stereocenters. The van der Waals surface area contributed by atoms with Gasteiger partial charge in [-0.1, -0.05) is 23.8 Å². The lowest BCUT2D eigenvalue weighted by molar-refractivity contribution is -0.384. The first-order valence-corrected chi connectivity index (χ1v) is 9.63. The summed E-state index contributed by atoms with van der Waals surface area (Å²) in [5, 5.41) is 11.6. The van der Waals surface area contributed by atoms with Crippen LogP contribution in [0.2, 0.25) is 0 Å². The Kier molecular flexibility index (Phi) is 7.55.